The van der Waals surface area contributed by atoms with E-state index in [0.717, 1.165) is 95.4 Å². The van der Waals surface area contributed by atoms with Gasteiger partial charge in [0.1, 0.15) is 0 Å². The predicted molar refractivity (Wildman–Crippen MR) is 395 cm³/mol. The summed E-state index contributed by atoms with van der Waals surface area (Å²) >= 11 is 1.86. The summed E-state index contributed by atoms with van der Waals surface area (Å²) in [5.41, 5.74) is 22.9. The molecule has 2 aliphatic rings. The van der Waals surface area contributed by atoms with Crippen molar-refractivity contribution < 1.29 is 0 Å². The van der Waals surface area contributed by atoms with Gasteiger partial charge in [-0.1, -0.05) is 231 Å². The third kappa shape index (κ3) is 9.02. The van der Waals surface area contributed by atoms with E-state index in [9.17, 15) is 0 Å². The van der Waals surface area contributed by atoms with Crippen molar-refractivity contribution in [3.8, 4) is 84.9 Å². The number of fused-ring (bicyclic) bond motifs is 11. The molecular weight excluding hydrogens is 1180 g/mol. The fraction of sp³-hybridized carbons (Fsp3) is 0. The largest absolute Gasteiger partial charge is 0.311 e. The fourth-order valence-electron chi connectivity index (χ4n) is 14.6. The van der Waals surface area contributed by atoms with Gasteiger partial charge in [-0.3, -0.25) is 0 Å². The van der Waals surface area contributed by atoms with Gasteiger partial charge in [-0.05, 0) is 119 Å². The average Bonchev–Trinajstić information content (AvgIpc) is 0.973. The van der Waals surface area contributed by atoms with Gasteiger partial charge in [0.15, 0.2) is 23.3 Å². The Bertz CT molecular complexity index is 5690. The zero-order valence-corrected chi connectivity index (χ0v) is 52.0. The second-order valence-electron chi connectivity index (χ2n) is 24.3. The Morgan fingerprint density at radius 1 is 0.284 bits per heavy atom. The molecule has 6 heterocycles. The number of rotatable bonds is 10. The summed E-state index contributed by atoms with van der Waals surface area (Å²) in [7, 11) is 0. The zero-order chi connectivity index (χ0) is 62.5. The summed E-state index contributed by atoms with van der Waals surface area (Å²) in [6.07, 6.45) is 0. The zero-order valence-electron chi connectivity index (χ0n) is 51.2. The summed E-state index contributed by atoms with van der Waals surface area (Å²) < 4.78 is 4.95. The Morgan fingerprint density at radius 2 is 0.758 bits per heavy atom. The van der Waals surface area contributed by atoms with Crippen LogP contribution in [0.25, 0.3) is 127 Å². The number of thiophene rings is 1. The molecule has 0 spiro atoms. The molecule has 0 atom stereocenters. The Kier molecular flexibility index (Phi) is 12.7. The van der Waals surface area contributed by atoms with Crippen LogP contribution in [0, 0.1) is 0 Å². The topological polar surface area (TPSA) is 75.9 Å². The van der Waals surface area contributed by atoms with E-state index in [1.807, 2.05) is 72.0 Å². The van der Waals surface area contributed by atoms with E-state index in [0.29, 0.717) is 23.3 Å². The van der Waals surface area contributed by atoms with Crippen LogP contribution >= 0.6 is 11.3 Å². The Morgan fingerprint density at radius 3 is 1.38 bits per heavy atom. The van der Waals surface area contributed by atoms with Crippen LogP contribution in [0.3, 0.4) is 0 Å². The summed E-state index contributed by atoms with van der Waals surface area (Å²) in [5.74, 6) is 2.32. The molecule has 95 heavy (non-hydrogen) atoms. The first kappa shape index (κ1) is 54.4. The van der Waals surface area contributed by atoms with Gasteiger partial charge in [-0.2, -0.15) is 0 Å². The molecule has 0 aliphatic carbocycles. The number of aromatic nitrogens is 6. The molecule has 0 unspecified atom stereocenters. The maximum absolute atomic E-state index is 5.72. The monoisotopic (exact) mass is 1230 g/mol. The normalized spacial score (nSPS) is 12.4. The van der Waals surface area contributed by atoms with E-state index < -0.39 is 0 Å². The molecule has 2 aliphatic heterocycles. The van der Waals surface area contributed by atoms with Crippen LogP contribution in [-0.4, -0.2) is 36.2 Å². The minimum atomic E-state index is 0.0106. The lowest BCUT2D eigenvalue weighted by molar-refractivity contribution is 1.07. The average molecular weight is 1230 g/mol. The van der Waals surface area contributed by atoms with Crippen LogP contribution in [0.4, 0.5) is 34.1 Å². The fourth-order valence-corrected chi connectivity index (χ4v) is 15.8. The highest BCUT2D eigenvalue weighted by atomic mass is 32.1. The minimum absolute atomic E-state index is 0.0106. The highest BCUT2D eigenvalue weighted by Crippen LogP contribution is 2.48. The van der Waals surface area contributed by atoms with E-state index in [-0.39, 0.29) is 6.71 Å². The van der Waals surface area contributed by atoms with Crippen LogP contribution < -0.4 is 26.2 Å². The van der Waals surface area contributed by atoms with Gasteiger partial charge in [0.25, 0.3) is 6.71 Å². The number of benzene rings is 13. The third-order valence-electron chi connectivity index (χ3n) is 18.8. The Hall–Kier alpha value is -12.4. The molecule has 17 aromatic rings. The number of hydrogen-bond acceptors (Lipinski definition) is 8. The molecule has 0 saturated carbocycles. The maximum Gasteiger partial charge on any atom is 0.252 e. The smallest absolute Gasteiger partial charge is 0.252 e. The number of hydrogen-bond donors (Lipinski definition) is 0. The van der Waals surface area contributed by atoms with Crippen molar-refractivity contribution in [1.82, 2.24) is 29.5 Å². The first-order valence-corrected chi connectivity index (χ1v) is 32.9. The lowest BCUT2D eigenvalue weighted by atomic mass is 9.33. The molecule has 0 N–H and O–H groups in total. The summed E-state index contributed by atoms with van der Waals surface area (Å²) in [6, 6.07) is 115. The van der Waals surface area contributed by atoms with Crippen molar-refractivity contribution >= 4 is 111 Å². The molecular formula is C85H53BN8S. The van der Waals surface area contributed by atoms with Crippen molar-refractivity contribution in [2.24, 2.45) is 0 Å². The molecule has 0 saturated heterocycles. The van der Waals surface area contributed by atoms with Gasteiger partial charge in [0.05, 0.1) is 28.1 Å². The molecule has 8 nitrogen and oxygen atoms in total. The van der Waals surface area contributed by atoms with Crippen molar-refractivity contribution in [1.29, 1.82) is 0 Å². The van der Waals surface area contributed by atoms with E-state index in [1.165, 1.54) is 58.7 Å². The van der Waals surface area contributed by atoms with Crippen LogP contribution in [-0.2, 0) is 0 Å². The SMILES string of the molecule is c1ccc(-c2cc(-c3cc(-c4nc(-c5ccccc5)nc(-c5ccccc5)n4)ccc3-n3c4ccccc4c4c5sc6ccccc6c5ccc43)nc(-c3ccc(-c4cc5c6c(c4)N(c4ccccc4)c4ccccc4B6c4ccccc4N5c4ccccc4)cc3)n2)cc1. The van der Waals surface area contributed by atoms with Gasteiger partial charge >= 0.3 is 0 Å². The Balaban J connectivity index is 0.819. The van der Waals surface area contributed by atoms with Crippen molar-refractivity contribution in [2.75, 3.05) is 9.80 Å². The molecule has 4 aromatic heterocycles. The molecule has 19 rings (SSSR count). The van der Waals surface area contributed by atoms with E-state index in [1.54, 1.807) is 0 Å². The van der Waals surface area contributed by atoms with E-state index in [4.69, 9.17) is 24.9 Å². The lowest BCUT2D eigenvalue weighted by Gasteiger charge is -2.44. The Labute approximate surface area is 552 Å². The molecule has 0 radical (unpaired) electrons. The lowest BCUT2D eigenvalue weighted by Crippen LogP contribution is -2.61. The first-order chi connectivity index (χ1) is 47.1. The van der Waals surface area contributed by atoms with Crippen molar-refractivity contribution in [3.63, 3.8) is 0 Å². The van der Waals surface area contributed by atoms with Gasteiger partial charge in [0, 0.05) is 98.4 Å². The van der Waals surface area contributed by atoms with E-state index in [2.05, 4.69) is 275 Å². The van der Waals surface area contributed by atoms with E-state index >= 15 is 0 Å². The second-order valence-corrected chi connectivity index (χ2v) is 25.3. The van der Waals surface area contributed by atoms with Crippen LogP contribution in [0.5, 0.6) is 0 Å². The van der Waals surface area contributed by atoms with Gasteiger partial charge < -0.3 is 14.4 Å². The molecule has 0 bridgehead atoms. The number of para-hydroxylation sites is 5. The molecule has 13 aromatic carbocycles. The minimum Gasteiger partial charge on any atom is -0.311 e. The number of nitrogens with zero attached hydrogens (tertiary/aromatic N) is 8. The number of anilines is 6. The summed E-state index contributed by atoms with van der Waals surface area (Å²) in [4.78, 5) is 31.8. The molecule has 442 valence electrons. The van der Waals surface area contributed by atoms with Crippen LogP contribution in [0.2, 0.25) is 0 Å². The van der Waals surface area contributed by atoms with Gasteiger partial charge in [-0.25, -0.2) is 24.9 Å². The summed E-state index contributed by atoms with van der Waals surface area (Å²) in [6.45, 7) is 0.0106. The highest BCUT2D eigenvalue weighted by Gasteiger charge is 2.43. The highest BCUT2D eigenvalue weighted by molar-refractivity contribution is 7.26. The third-order valence-corrected chi connectivity index (χ3v) is 20.0. The first-order valence-electron chi connectivity index (χ1n) is 32.1. The predicted octanol–water partition coefficient (Wildman–Crippen LogP) is 19.9. The quantitative estimate of drug-likeness (QED) is 0.126. The van der Waals surface area contributed by atoms with Crippen molar-refractivity contribution in [2.45, 2.75) is 0 Å². The van der Waals surface area contributed by atoms with Crippen molar-refractivity contribution in [3.05, 3.63) is 322 Å². The van der Waals surface area contributed by atoms with Gasteiger partial charge in [-0.15, -0.1) is 11.3 Å². The summed E-state index contributed by atoms with van der Waals surface area (Å²) in [5, 5.41) is 4.92. The standard InChI is InChI=1S/C85H53BN8S/c1-6-24-55(25-7-1)69-53-70(88-82(87-69)58-44-42-54(43-45-58)60-51-76-80-77(52-60)93(62-32-14-5-15-33-62)74-40-22-19-37-68(74)86(80)67-36-18-21-39-73(67)92(76)61-30-12-4-13-31-61)66-50-59(85-90-83(56-26-8-2-9-27-56)89-84(91-85)57-28-10-3-11-29-57)46-48-72(66)94-71-38-20-16-35-65(71)79-75(94)49-47-64-63-34-17-23-41-78(63)95-81(64)79/h1-53H. The van der Waals surface area contributed by atoms with Crippen LogP contribution in [0.15, 0.2) is 322 Å². The molecule has 0 fully saturated rings. The maximum atomic E-state index is 5.72. The molecule has 10 heteroatoms. The second kappa shape index (κ2) is 22.2. The van der Waals surface area contributed by atoms with Gasteiger partial charge in [0.2, 0.25) is 0 Å². The molecule has 0 amide bonds. The van der Waals surface area contributed by atoms with Crippen LogP contribution in [0.1, 0.15) is 0 Å².